The van der Waals surface area contributed by atoms with Crippen LogP contribution in [0.15, 0.2) is 9.47 Å². The number of terminal acetylenes is 1. The van der Waals surface area contributed by atoms with Gasteiger partial charge in [-0.1, -0.05) is 33.6 Å². The molecule has 0 N–H and O–H groups in total. The van der Waals surface area contributed by atoms with E-state index in [0.29, 0.717) is 0 Å². The van der Waals surface area contributed by atoms with Crippen molar-refractivity contribution in [1.82, 2.24) is 0 Å². The predicted molar refractivity (Wildman–Crippen MR) is 129 cm³/mol. The lowest BCUT2D eigenvalue weighted by Gasteiger charge is -2.32. The second-order valence-corrected chi connectivity index (χ2v) is 12.7. The summed E-state index contributed by atoms with van der Waals surface area (Å²) in [5.74, 6) is 2.07. The maximum absolute atomic E-state index is 6.10. The zero-order chi connectivity index (χ0) is 24.1. The molecule has 0 spiro atoms. The maximum Gasteiger partial charge on any atom is 0.189 e. The molecule has 4 heterocycles. The van der Waals surface area contributed by atoms with Gasteiger partial charge in [-0.25, -0.2) is 0 Å². The first-order chi connectivity index (χ1) is 14.7. The molecule has 4 fully saturated rings. The van der Waals surface area contributed by atoms with Crippen LogP contribution in [0, 0.1) is 24.2 Å². The van der Waals surface area contributed by atoms with Crippen LogP contribution in [0.25, 0.3) is 0 Å². The van der Waals surface area contributed by atoms with Crippen molar-refractivity contribution in [2.75, 3.05) is 0 Å². The molecule has 4 aliphatic heterocycles. The number of halogens is 2. The van der Waals surface area contributed by atoms with Gasteiger partial charge in [-0.05, 0) is 78.5 Å². The van der Waals surface area contributed by atoms with Crippen LogP contribution in [0.1, 0.15) is 68.2 Å². The molecular formula is C24H36Br2O6. The summed E-state index contributed by atoms with van der Waals surface area (Å²) in [6.45, 7) is 16.0. The van der Waals surface area contributed by atoms with Crippen molar-refractivity contribution < 1.29 is 28.4 Å². The fourth-order valence-electron chi connectivity index (χ4n) is 5.09. The number of fused-ring (bicyclic) bond motifs is 2. The molecule has 0 amide bonds. The lowest BCUT2D eigenvalue weighted by atomic mass is 9.85. The first kappa shape index (κ1) is 26.6. The van der Waals surface area contributed by atoms with Gasteiger partial charge in [0.25, 0.3) is 0 Å². The van der Waals surface area contributed by atoms with Crippen LogP contribution in [0.4, 0.5) is 0 Å². The van der Waals surface area contributed by atoms with E-state index in [9.17, 15) is 0 Å². The summed E-state index contributed by atoms with van der Waals surface area (Å²) >= 11 is 6.81. The van der Waals surface area contributed by atoms with Gasteiger partial charge in [0.1, 0.15) is 17.8 Å². The predicted octanol–water partition coefficient (Wildman–Crippen LogP) is 5.82. The van der Waals surface area contributed by atoms with E-state index in [2.05, 4.69) is 64.6 Å². The minimum absolute atomic E-state index is 0.000509. The van der Waals surface area contributed by atoms with E-state index in [1.165, 1.54) is 0 Å². The standard InChI is InChI=1S/C12H18Br2O3.C12H18O3/c1-5-12(6-8(13)14)7(2)9-10(17-12)16-11(3,4)15-9;1-6-12(7-2)8(3)9-10(15-12)14-11(4,5)13-9/h6-7,9-10H,5H2,1-4H3;1,8-10H,7H2,2-5H3/t7?,9?,10-,12+;8?,9?,10-,12-/m11/s1. The Hall–Kier alpha value is 0.0200. The van der Waals surface area contributed by atoms with Gasteiger partial charge in [0.2, 0.25) is 0 Å². The van der Waals surface area contributed by atoms with Gasteiger partial charge in [0.05, 0.1) is 8.99 Å². The van der Waals surface area contributed by atoms with Gasteiger partial charge >= 0.3 is 0 Å². The fourth-order valence-corrected chi connectivity index (χ4v) is 5.86. The zero-order valence-electron chi connectivity index (χ0n) is 20.2. The van der Waals surface area contributed by atoms with Gasteiger partial charge in [0.15, 0.2) is 24.2 Å². The molecule has 8 heteroatoms. The van der Waals surface area contributed by atoms with E-state index in [1.807, 2.05) is 34.6 Å². The lowest BCUT2D eigenvalue weighted by molar-refractivity contribution is -0.223. The number of ether oxygens (including phenoxy) is 6. The highest BCUT2D eigenvalue weighted by Crippen LogP contribution is 2.49. The molecule has 6 nitrogen and oxygen atoms in total. The summed E-state index contributed by atoms with van der Waals surface area (Å²) in [5.41, 5.74) is -0.847. The quantitative estimate of drug-likeness (QED) is 0.393. The minimum atomic E-state index is -0.557. The summed E-state index contributed by atoms with van der Waals surface area (Å²) in [5, 5.41) is 0. The smallest absolute Gasteiger partial charge is 0.189 e. The van der Waals surface area contributed by atoms with Gasteiger partial charge < -0.3 is 28.4 Å². The number of hydrogen-bond donors (Lipinski definition) is 0. The van der Waals surface area contributed by atoms with Crippen LogP contribution in [0.2, 0.25) is 0 Å². The zero-order valence-corrected chi connectivity index (χ0v) is 23.4. The molecule has 0 radical (unpaired) electrons. The van der Waals surface area contributed by atoms with E-state index < -0.39 is 17.2 Å². The molecule has 0 aromatic carbocycles. The van der Waals surface area contributed by atoms with Gasteiger partial charge in [-0.3, -0.25) is 0 Å². The molecule has 8 atom stereocenters. The minimum Gasteiger partial charge on any atom is -0.341 e. The largest absolute Gasteiger partial charge is 0.341 e. The first-order valence-electron chi connectivity index (χ1n) is 11.3. The highest BCUT2D eigenvalue weighted by atomic mass is 79.9. The van der Waals surface area contributed by atoms with Crippen molar-refractivity contribution in [3.05, 3.63) is 9.47 Å². The number of rotatable bonds is 3. The molecule has 4 aliphatic rings. The van der Waals surface area contributed by atoms with Crippen LogP contribution in [0.5, 0.6) is 0 Å². The van der Waals surface area contributed by atoms with E-state index in [4.69, 9.17) is 34.8 Å². The van der Waals surface area contributed by atoms with Gasteiger partial charge in [-0.2, -0.15) is 0 Å². The first-order valence-corrected chi connectivity index (χ1v) is 12.9. The Bertz CT molecular complexity index is 773. The molecule has 4 rings (SSSR count). The van der Waals surface area contributed by atoms with E-state index in [0.717, 1.165) is 16.2 Å². The second kappa shape index (κ2) is 9.23. The van der Waals surface area contributed by atoms with Crippen LogP contribution in [-0.2, 0) is 28.4 Å². The average molecular weight is 580 g/mol. The Morgan fingerprint density at radius 3 is 1.69 bits per heavy atom. The summed E-state index contributed by atoms with van der Waals surface area (Å²) in [4.78, 5) is 0. The van der Waals surface area contributed by atoms with Crippen molar-refractivity contribution in [3.63, 3.8) is 0 Å². The molecule has 4 unspecified atom stereocenters. The highest BCUT2D eigenvalue weighted by Gasteiger charge is 2.59. The average Bonchev–Trinajstić information content (AvgIpc) is 3.32. The van der Waals surface area contributed by atoms with E-state index in [1.54, 1.807) is 0 Å². The third-order valence-electron chi connectivity index (χ3n) is 7.01. The molecule has 182 valence electrons. The van der Waals surface area contributed by atoms with Crippen molar-refractivity contribution >= 4 is 31.9 Å². The van der Waals surface area contributed by atoms with Gasteiger partial charge in [-0.15, -0.1) is 6.42 Å². The third-order valence-corrected chi connectivity index (χ3v) is 7.46. The Morgan fingerprint density at radius 2 is 1.31 bits per heavy atom. The Labute approximate surface area is 209 Å². The molecule has 0 aliphatic carbocycles. The summed E-state index contributed by atoms with van der Waals surface area (Å²) < 4.78 is 36.0. The SMILES string of the molecule is C#C[C@]1(CC)O[C@H]2OC(C)(C)OC2C1C.CC[C@@]1(C=C(Br)Br)O[C@H]2OC(C)(C)OC2C1C. The van der Waals surface area contributed by atoms with Crippen LogP contribution < -0.4 is 0 Å². The Balaban J connectivity index is 0.000000182. The molecule has 0 saturated carbocycles. The van der Waals surface area contributed by atoms with Crippen LogP contribution in [0.3, 0.4) is 0 Å². The fraction of sp³-hybridized carbons (Fsp3) is 0.833. The molecule has 32 heavy (non-hydrogen) atoms. The van der Waals surface area contributed by atoms with Crippen molar-refractivity contribution in [2.24, 2.45) is 11.8 Å². The van der Waals surface area contributed by atoms with Crippen molar-refractivity contribution in [1.29, 1.82) is 0 Å². The highest BCUT2D eigenvalue weighted by molar-refractivity contribution is 9.28. The normalized spacial score (nSPS) is 45.4. The van der Waals surface area contributed by atoms with Crippen LogP contribution in [-0.4, -0.2) is 47.6 Å². The molecular weight excluding hydrogens is 544 g/mol. The van der Waals surface area contributed by atoms with E-state index in [-0.39, 0.29) is 42.2 Å². The van der Waals surface area contributed by atoms with Gasteiger partial charge in [0, 0.05) is 11.8 Å². The molecule has 0 bridgehead atoms. The topological polar surface area (TPSA) is 55.4 Å². The van der Waals surface area contributed by atoms with Crippen molar-refractivity contribution in [3.8, 4) is 12.3 Å². The maximum atomic E-state index is 6.10. The number of hydrogen-bond acceptors (Lipinski definition) is 6. The van der Waals surface area contributed by atoms with Crippen molar-refractivity contribution in [2.45, 2.75) is 116 Å². The Kier molecular flexibility index (Phi) is 7.68. The second-order valence-electron chi connectivity index (χ2n) is 9.88. The molecule has 4 saturated heterocycles. The van der Waals surface area contributed by atoms with E-state index >= 15 is 0 Å². The summed E-state index contributed by atoms with van der Waals surface area (Å²) in [6.07, 6.45) is 8.65. The third kappa shape index (κ3) is 4.87. The lowest BCUT2D eigenvalue weighted by Crippen LogP contribution is -2.37. The van der Waals surface area contributed by atoms with Crippen LogP contribution >= 0.6 is 31.9 Å². The monoisotopic (exact) mass is 578 g/mol. The molecule has 0 aromatic heterocycles. The summed E-state index contributed by atoms with van der Waals surface area (Å²) in [7, 11) is 0. The molecule has 0 aromatic rings. The summed E-state index contributed by atoms with van der Waals surface area (Å²) in [6, 6.07) is 0. The Morgan fingerprint density at radius 1 is 0.812 bits per heavy atom.